The van der Waals surface area contributed by atoms with E-state index in [1.165, 1.54) is 4.90 Å². The van der Waals surface area contributed by atoms with E-state index < -0.39 is 17.7 Å². The van der Waals surface area contributed by atoms with Crippen LogP contribution in [0.15, 0.2) is 48.2 Å². The lowest BCUT2D eigenvalue weighted by Gasteiger charge is -2.25. The van der Waals surface area contributed by atoms with Gasteiger partial charge in [0.15, 0.2) is 0 Å². The molecule has 2 heterocycles. The van der Waals surface area contributed by atoms with Crippen LogP contribution in [0.5, 0.6) is 5.75 Å². The molecule has 1 aliphatic rings. The summed E-state index contributed by atoms with van der Waals surface area (Å²) in [5.74, 6) is -0.755. The molecule has 0 aliphatic carbocycles. The quantitative estimate of drug-likeness (QED) is 0.418. The summed E-state index contributed by atoms with van der Waals surface area (Å²) in [4.78, 5) is 31.6. The van der Waals surface area contributed by atoms with E-state index in [-0.39, 0.29) is 16.7 Å². The summed E-state index contributed by atoms with van der Waals surface area (Å²) in [5, 5.41) is 11.2. The molecule has 6 nitrogen and oxygen atoms in total. The normalized spacial score (nSPS) is 18.5. The van der Waals surface area contributed by atoms with Crippen molar-refractivity contribution in [2.24, 2.45) is 0 Å². The van der Waals surface area contributed by atoms with Crippen molar-refractivity contribution in [3.05, 3.63) is 65.0 Å². The van der Waals surface area contributed by atoms with Gasteiger partial charge in [0, 0.05) is 23.9 Å². The minimum Gasteiger partial charge on any atom is -0.507 e. The Morgan fingerprint density at radius 2 is 1.90 bits per heavy atom. The summed E-state index contributed by atoms with van der Waals surface area (Å²) in [7, 11) is 0. The predicted molar refractivity (Wildman–Crippen MR) is 120 cm³/mol. The molecule has 1 aliphatic heterocycles. The Labute approximate surface area is 183 Å². The summed E-state index contributed by atoms with van der Waals surface area (Å²) in [6, 6.07) is 10.00. The Kier molecular flexibility index (Phi) is 6.48. The molecule has 1 amide bonds. The third kappa shape index (κ3) is 4.33. The third-order valence-electron chi connectivity index (χ3n) is 5.33. The molecule has 164 valence electrons. The average Bonchev–Trinajstić information content (AvgIpc) is 2.99. The number of aliphatic hydroxyl groups is 1. The topological polar surface area (TPSA) is 79.7 Å². The summed E-state index contributed by atoms with van der Waals surface area (Å²) >= 11 is 0. The maximum absolute atomic E-state index is 13.0. The number of hydrogen-bond acceptors (Lipinski definition) is 5. The number of pyridine rings is 1. The molecule has 3 rings (SSSR count). The van der Waals surface area contributed by atoms with Crippen molar-refractivity contribution in [1.82, 2.24) is 9.88 Å². The smallest absolute Gasteiger partial charge is 0.295 e. The molecule has 1 aromatic heterocycles. The van der Waals surface area contributed by atoms with Crippen LogP contribution in [0.4, 0.5) is 0 Å². The molecule has 0 saturated carbocycles. The number of hydrogen-bond donors (Lipinski definition) is 1. The van der Waals surface area contributed by atoms with Crippen LogP contribution >= 0.6 is 0 Å². The summed E-state index contributed by atoms with van der Waals surface area (Å²) in [6.07, 6.45) is 2.31. The number of amides is 1. The Balaban J connectivity index is 2.20. The first-order chi connectivity index (χ1) is 14.7. The number of rotatable bonds is 6. The van der Waals surface area contributed by atoms with E-state index >= 15 is 0 Å². The van der Waals surface area contributed by atoms with Crippen LogP contribution in [0.2, 0.25) is 0 Å². The van der Waals surface area contributed by atoms with Gasteiger partial charge in [0.05, 0.1) is 17.9 Å². The lowest BCUT2D eigenvalue weighted by molar-refractivity contribution is -0.139. The molecule has 0 bridgehead atoms. The van der Waals surface area contributed by atoms with Gasteiger partial charge in [-0.2, -0.15) is 0 Å². The fraction of sp³-hybridized carbons (Fsp3) is 0.400. The number of carbonyl (C=O) groups excluding carboxylic acids is 2. The van der Waals surface area contributed by atoms with Crippen molar-refractivity contribution in [3.63, 3.8) is 0 Å². The molecule has 1 N–H and O–H groups in total. The summed E-state index contributed by atoms with van der Waals surface area (Å²) < 4.78 is 5.76. The number of aromatic nitrogens is 1. The average molecular weight is 423 g/mol. The summed E-state index contributed by atoms with van der Waals surface area (Å²) in [5.41, 5.74) is 1.77. The Morgan fingerprint density at radius 1 is 1.16 bits per heavy atom. The van der Waals surface area contributed by atoms with Crippen molar-refractivity contribution in [2.75, 3.05) is 13.2 Å². The van der Waals surface area contributed by atoms with E-state index in [2.05, 4.69) is 25.8 Å². The molecule has 1 atom stereocenters. The minimum absolute atomic E-state index is 0.0705. The van der Waals surface area contributed by atoms with Crippen molar-refractivity contribution < 1.29 is 19.4 Å². The van der Waals surface area contributed by atoms with Crippen molar-refractivity contribution >= 4 is 17.4 Å². The second-order valence-corrected chi connectivity index (χ2v) is 8.64. The highest BCUT2D eigenvalue weighted by molar-refractivity contribution is 6.46. The molecule has 0 spiro atoms. The Bertz CT molecular complexity index is 1010. The summed E-state index contributed by atoms with van der Waals surface area (Å²) in [6.45, 7) is 11.0. The second-order valence-electron chi connectivity index (χ2n) is 8.64. The second kappa shape index (κ2) is 8.92. The molecule has 1 aromatic carbocycles. The van der Waals surface area contributed by atoms with Gasteiger partial charge >= 0.3 is 0 Å². The molecule has 1 unspecified atom stereocenters. The Morgan fingerprint density at radius 3 is 2.48 bits per heavy atom. The van der Waals surface area contributed by atoms with E-state index in [1.54, 1.807) is 30.5 Å². The number of Topliss-reactive ketones (excluding diaryl/α,β-unsaturated/α-hetero) is 1. The van der Waals surface area contributed by atoms with Gasteiger partial charge in [-0.25, -0.2) is 0 Å². The maximum atomic E-state index is 13.0. The third-order valence-corrected chi connectivity index (χ3v) is 5.33. The monoisotopic (exact) mass is 422 g/mol. The van der Waals surface area contributed by atoms with Gasteiger partial charge in [-0.1, -0.05) is 33.8 Å². The van der Waals surface area contributed by atoms with E-state index in [4.69, 9.17) is 4.74 Å². The highest BCUT2D eigenvalue weighted by Crippen LogP contribution is 2.40. The van der Waals surface area contributed by atoms with Gasteiger partial charge in [0.25, 0.3) is 11.7 Å². The Hall–Kier alpha value is -3.15. The number of ketones is 1. The van der Waals surface area contributed by atoms with Gasteiger partial charge in [0.2, 0.25) is 0 Å². The van der Waals surface area contributed by atoms with E-state index in [0.29, 0.717) is 30.8 Å². The largest absolute Gasteiger partial charge is 0.507 e. The molecule has 0 radical (unpaired) electrons. The number of nitrogens with zero attached hydrogens (tertiary/aromatic N) is 2. The van der Waals surface area contributed by atoms with Crippen molar-refractivity contribution in [1.29, 1.82) is 0 Å². The maximum Gasteiger partial charge on any atom is 0.295 e. The highest BCUT2D eigenvalue weighted by Gasteiger charge is 2.46. The van der Waals surface area contributed by atoms with Crippen LogP contribution in [0.1, 0.15) is 63.9 Å². The lowest BCUT2D eigenvalue weighted by atomic mass is 9.84. The van der Waals surface area contributed by atoms with Crippen LogP contribution in [-0.4, -0.2) is 39.8 Å². The van der Waals surface area contributed by atoms with Gasteiger partial charge in [0.1, 0.15) is 17.6 Å². The number of likely N-dealkylation sites (tertiary alicyclic amines) is 1. The number of benzene rings is 1. The molecule has 2 aromatic rings. The van der Waals surface area contributed by atoms with Crippen LogP contribution in [0.3, 0.4) is 0 Å². The van der Waals surface area contributed by atoms with E-state index in [1.807, 2.05) is 26.0 Å². The first-order valence-electron chi connectivity index (χ1n) is 10.7. The zero-order chi connectivity index (χ0) is 22.8. The molecule has 6 heteroatoms. The van der Waals surface area contributed by atoms with Crippen LogP contribution in [0.25, 0.3) is 5.76 Å². The zero-order valence-corrected chi connectivity index (χ0v) is 18.8. The minimum atomic E-state index is -0.717. The van der Waals surface area contributed by atoms with Gasteiger partial charge < -0.3 is 14.7 Å². The number of carbonyl (C=O) groups is 2. The van der Waals surface area contributed by atoms with Crippen molar-refractivity contribution in [2.45, 2.75) is 52.5 Å². The first-order valence-corrected chi connectivity index (χ1v) is 10.7. The van der Waals surface area contributed by atoms with Gasteiger partial charge in [-0.15, -0.1) is 0 Å². The van der Waals surface area contributed by atoms with Crippen molar-refractivity contribution in [3.8, 4) is 5.75 Å². The molecule has 1 saturated heterocycles. The molecular formula is C25H30N2O4. The SMILES string of the molecule is CCCN1C(=O)C(=O)/C(=C(\O)c2ccc(OCC)c(C(C)(C)C)c2)C1c1ccccn1. The van der Waals surface area contributed by atoms with Crippen LogP contribution in [0, 0.1) is 0 Å². The van der Waals surface area contributed by atoms with E-state index in [0.717, 1.165) is 11.3 Å². The molecule has 1 fully saturated rings. The predicted octanol–water partition coefficient (Wildman–Crippen LogP) is 4.61. The highest BCUT2D eigenvalue weighted by atomic mass is 16.5. The molecule has 31 heavy (non-hydrogen) atoms. The first kappa shape index (κ1) is 22.5. The van der Waals surface area contributed by atoms with Crippen LogP contribution < -0.4 is 4.74 Å². The number of aliphatic hydroxyl groups excluding tert-OH is 1. The number of ether oxygens (including phenoxy) is 1. The standard InChI is InChI=1S/C25H30N2O4/c1-6-14-27-21(18-10-8-9-13-26-18)20(23(29)24(27)30)22(28)16-11-12-19(31-7-2)17(15-16)25(3,4)5/h8-13,15,21,28H,6-7,14H2,1-5H3/b22-20-. The van der Waals surface area contributed by atoms with Crippen LogP contribution in [-0.2, 0) is 15.0 Å². The fourth-order valence-corrected chi connectivity index (χ4v) is 3.90. The zero-order valence-electron chi connectivity index (χ0n) is 18.8. The van der Waals surface area contributed by atoms with Gasteiger partial charge in [-0.3, -0.25) is 14.6 Å². The fourth-order valence-electron chi connectivity index (χ4n) is 3.90. The lowest BCUT2D eigenvalue weighted by Crippen LogP contribution is -2.30. The molecular weight excluding hydrogens is 392 g/mol. The van der Waals surface area contributed by atoms with Gasteiger partial charge in [-0.05, 0) is 49.1 Å². The van der Waals surface area contributed by atoms with E-state index in [9.17, 15) is 14.7 Å².